The van der Waals surface area contributed by atoms with E-state index in [2.05, 4.69) is 13.0 Å². The Balaban J connectivity index is 0.00000289. The summed E-state index contributed by atoms with van der Waals surface area (Å²) in [6.07, 6.45) is 1.85. The van der Waals surface area contributed by atoms with Crippen LogP contribution in [0.25, 0.3) is 0 Å². The van der Waals surface area contributed by atoms with E-state index in [1.54, 1.807) is 0 Å². The van der Waals surface area contributed by atoms with Gasteiger partial charge in [0.1, 0.15) is 5.75 Å². The molecule has 4 heteroatoms. The van der Waals surface area contributed by atoms with Gasteiger partial charge in [-0.3, -0.25) is 0 Å². The van der Waals surface area contributed by atoms with Crippen molar-refractivity contribution in [3.63, 3.8) is 0 Å². The van der Waals surface area contributed by atoms with Crippen molar-refractivity contribution in [3.05, 3.63) is 27.8 Å². The van der Waals surface area contributed by atoms with Crippen LogP contribution in [0.1, 0.15) is 37.0 Å². The second kappa shape index (κ2) is 7.88. The maximum absolute atomic E-state index is 6.34. The van der Waals surface area contributed by atoms with Gasteiger partial charge in [0.2, 0.25) is 0 Å². The van der Waals surface area contributed by atoms with Crippen molar-refractivity contribution in [2.75, 3.05) is 6.61 Å². The molecule has 18 heavy (non-hydrogen) atoms. The Kier molecular flexibility index (Phi) is 7.69. The van der Waals surface area contributed by atoms with Crippen molar-refractivity contribution in [1.82, 2.24) is 0 Å². The smallest absolute Gasteiger partial charge is 0.141 e. The molecule has 0 heterocycles. The molecule has 0 saturated heterocycles. The molecular formula is C14H23Cl2NO. The summed E-state index contributed by atoms with van der Waals surface area (Å²) in [5, 5.41) is 0.727. The van der Waals surface area contributed by atoms with Crippen LogP contribution >= 0.6 is 24.0 Å². The largest absolute Gasteiger partial charge is 0.492 e. The zero-order valence-corrected chi connectivity index (χ0v) is 13.1. The fourth-order valence-electron chi connectivity index (χ4n) is 1.88. The second-order valence-electron chi connectivity index (χ2n) is 4.43. The van der Waals surface area contributed by atoms with Crippen LogP contribution in [0.15, 0.2) is 6.07 Å². The fraction of sp³-hybridized carbons (Fsp3) is 0.571. The predicted molar refractivity (Wildman–Crippen MR) is 81.3 cm³/mol. The molecule has 0 fully saturated rings. The van der Waals surface area contributed by atoms with E-state index in [1.165, 1.54) is 5.56 Å². The minimum atomic E-state index is 0. The van der Waals surface area contributed by atoms with Gasteiger partial charge in [0, 0.05) is 6.04 Å². The first-order valence-corrected chi connectivity index (χ1v) is 6.55. The maximum Gasteiger partial charge on any atom is 0.141 e. The summed E-state index contributed by atoms with van der Waals surface area (Å²) < 4.78 is 5.57. The minimum absolute atomic E-state index is 0. The van der Waals surface area contributed by atoms with Crippen LogP contribution in [-0.4, -0.2) is 12.6 Å². The number of halogens is 2. The average Bonchev–Trinajstić information content (AvgIpc) is 2.31. The Hall–Kier alpha value is -0.440. The number of ether oxygens (including phenoxy) is 1. The van der Waals surface area contributed by atoms with Gasteiger partial charge in [0.05, 0.1) is 11.6 Å². The van der Waals surface area contributed by atoms with E-state index in [1.807, 2.05) is 20.8 Å². The summed E-state index contributed by atoms with van der Waals surface area (Å²) >= 11 is 6.34. The summed E-state index contributed by atoms with van der Waals surface area (Å²) in [6, 6.07) is 2.34. The molecule has 1 rings (SSSR count). The summed E-state index contributed by atoms with van der Waals surface area (Å²) in [5.41, 5.74) is 9.40. The lowest BCUT2D eigenvalue weighted by atomic mass is 9.97. The summed E-state index contributed by atoms with van der Waals surface area (Å²) in [4.78, 5) is 0. The molecule has 1 aromatic carbocycles. The first kappa shape index (κ1) is 17.6. The van der Waals surface area contributed by atoms with Gasteiger partial charge in [-0.25, -0.2) is 0 Å². The van der Waals surface area contributed by atoms with E-state index in [4.69, 9.17) is 22.1 Å². The highest BCUT2D eigenvalue weighted by molar-refractivity contribution is 6.33. The van der Waals surface area contributed by atoms with Crippen molar-refractivity contribution >= 4 is 24.0 Å². The molecule has 1 aromatic rings. The second-order valence-corrected chi connectivity index (χ2v) is 4.80. The Morgan fingerprint density at radius 3 is 2.44 bits per heavy atom. The molecule has 0 amide bonds. The number of rotatable bonds is 5. The Bertz CT molecular complexity index is 394. The van der Waals surface area contributed by atoms with Crippen molar-refractivity contribution in [1.29, 1.82) is 0 Å². The van der Waals surface area contributed by atoms with E-state index < -0.39 is 0 Å². The molecule has 0 saturated carbocycles. The topological polar surface area (TPSA) is 35.2 Å². The average molecular weight is 292 g/mol. The molecule has 0 aromatic heterocycles. The third-order valence-electron chi connectivity index (χ3n) is 3.05. The number of hydrogen-bond donors (Lipinski definition) is 1. The van der Waals surface area contributed by atoms with Gasteiger partial charge in [0.15, 0.2) is 0 Å². The maximum atomic E-state index is 6.34. The number of nitrogens with two attached hydrogens (primary N) is 1. The zero-order chi connectivity index (χ0) is 13.0. The molecule has 0 aliphatic heterocycles. The third-order valence-corrected chi connectivity index (χ3v) is 3.51. The molecule has 2 nitrogen and oxygen atoms in total. The number of benzene rings is 1. The SMILES string of the molecule is CCOc1c(C)cc(CC(N)CC)c(C)c1Cl.Cl. The third kappa shape index (κ3) is 4.04. The molecule has 0 aliphatic rings. The lowest BCUT2D eigenvalue weighted by molar-refractivity contribution is 0.337. The molecule has 2 N–H and O–H groups in total. The Morgan fingerprint density at radius 2 is 1.94 bits per heavy atom. The monoisotopic (exact) mass is 291 g/mol. The van der Waals surface area contributed by atoms with Crippen molar-refractivity contribution in [2.45, 2.75) is 46.6 Å². The van der Waals surface area contributed by atoms with Gasteiger partial charge < -0.3 is 10.5 Å². The molecule has 0 radical (unpaired) electrons. The van der Waals surface area contributed by atoms with E-state index >= 15 is 0 Å². The van der Waals surface area contributed by atoms with Gasteiger partial charge >= 0.3 is 0 Å². The first-order chi connectivity index (χ1) is 8.01. The van der Waals surface area contributed by atoms with E-state index in [-0.39, 0.29) is 18.4 Å². The predicted octanol–water partition coefficient (Wildman–Crippen LogP) is 4.06. The first-order valence-electron chi connectivity index (χ1n) is 6.18. The van der Waals surface area contributed by atoms with Crippen LogP contribution in [0.5, 0.6) is 5.75 Å². The minimum Gasteiger partial charge on any atom is -0.492 e. The summed E-state index contributed by atoms with van der Waals surface area (Å²) in [6.45, 7) is 8.75. The molecule has 1 unspecified atom stereocenters. The van der Waals surface area contributed by atoms with Gasteiger partial charge in [0.25, 0.3) is 0 Å². The van der Waals surface area contributed by atoms with Crippen molar-refractivity contribution in [3.8, 4) is 5.75 Å². The van der Waals surface area contributed by atoms with E-state index in [9.17, 15) is 0 Å². The molecular weight excluding hydrogens is 269 g/mol. The molecule has 1 atom stereocenters. The zero-order valence-electron chi connectivity index (χ0n) is 11.5. The number of aryl methyl sites for hydroxylation is 1. The van der Waals surface area contributed by atoms with Crippen LogP contribution in [0.2, 0.25) is 5.02 Å². The van der Waals surface area contributed by atoms with Gasteiger partial charge in [-0.15, -0.1) is 12.4 Å². The van der Waals surface area contributed by atoms with Crippen LogP contribution in [0.4, 0.5) is 0 Å². The molecule has 0 bridgehead atoms. The summed E-state index contributed by atoms with van der Waals surface area (Å²) in [5.74, 6) is 0.806. The highest BCUT2D eigenvalue weighted by atomic mass is 35.5. The molecule has 104 valence electrons. The summed E-state index contributed by atoms with van der Waals surface area (Å²) in [7, 11) is 0. The quantitative estimate of drug-likeness (QED) is 0.888. The highest BCUT2D eigenvalue weighted by Gasteiger charge is 2.14. The van der Waals surface area contributed by atoms with Gasteiger partial charge in [-0.05, 0) is 50.3 Å². The van der Waals surface area contributed by atoms with E-state index in [0.29, 0.717) is 6.61 Å². The lowest BCUT2D eigenvalue weighted by Gasteiger charge is -2.17. The Labute approximate surface area is 121 Å². The van der Waals surface area contributed by atoms with Crippen LogP contribution in [0, 0.1) is 13.8 Å². The van der Waals surface area contributed by atoms with Crippen LogP contribution in [-0.2, 0) is 6.42 Å². The highest BCUT2D eigenvalue weighted by Crippen LogP contribution is 2.34. The van der Waals surface area contributed by atoms with Crippen LogP contribution < -0.4 is 10.5 Å². The molecule has 0 aliphatic carbocycles. The fourth-order valence-corrected chi connectivity index (χ4v) is 2.20. The molecule has 0 spiro atoms. The normalized spacial score (nSPS) is 11.9. The van der Waals surface area contributed by atoms with Gasteiger partial charge in [-0.2, -0.15) is 0 Å². The van der Waals surface area contributed by atoms with Gasteiger partial charge in [-0.1, -0.05) is 24.6 Å². The lowest BCUT2D eigenvalue weighted by Crippen LogP contribution is -2.22. The van der Waals surface area contributed by atoms with E-state index in [0.717, 1.165) is 34.7 Å². The Morgan fingerprint density at radius 1 is 1.33 bits per heavy atom. The van der Waals surface area contributed by atoms with Crippen LogP contribution in [0.3, 0.4) is 0 Å². The van der Waals surface area contributed by atoms with Crippen molar-refractivity contribution in [2.24, 2.45) is 5.73 Å². The standard InChI is InChI=1S/C14H22ClNO.ClH/c1-5-12(16)8-11-7-9(3)14(17-6-2)13(15)10(11)4;/h7,12H,5-6,8,16H2,1-4H3;1H. The van der Waals surface area contributed by atoms with Crippen molar-refractivity contribution < 1.29 is 4.74 Å². The number of hydrogen-bond acceptors (Lipinski definition) is 2.